The van der Waals surface area contributed by atoms with Crippen LogP contribution in [0.15, 0.2) is 48.5 Å². The lowest BCUT2D eigenvalue weighted by atomic mass is 10.2. The first-order chi connectivity index (χ1) is 12.4. The van der Waals surface area contributed by atoms with Gasteiger partial charge in [-0.1, -0.05) is 12.1 Å². The van der Waals surface area contributed by atoms with Gasteiger partial charge in [-0.3, -0.25) is 9.59 Å². The number of carbonyl (C=O) groups excluding carboxylic acids is 2. The van der Waals surface area contributed by atoms with Crippen molar-refractivity contribution in [1.29, 1.82) is 0 Å². The van der Waals surface area contributed by atoms with Gasteiger partial charge in [-0.25, -0.2) is 0 Å². The van der Waals surface area contributed by atoms with Crippen LogP contribution in [0.1, 0.15) is 10.4 Å². The molecule has 2 aromatic carbocycles. The summed E-state index contributed by atoms with van der Waals surface area (Å²) in [5.41, 5.74) is 1.31. The van der Waals surface area contributed by atoms with Crippen LogP contribution in [0, 0.1) is 0 Å². The lowest BCUT2D eigenvalue weighted by molar-refractivity contribution is -0.114. The van der Waals surface area contributed by atoms with E-state index < -0.39 is 6.61 Å². The van der Waals surface area contributed by atoms with Crippen molar-refractivity contribution < 1.29 is 23.1 Å². The Kier molecular flexibility index (Phi) is 6.48. The second kappa shape index (κ2) is 8.80. The molecule has 0 aromatic heterocycles. The summed E-state index contributed by atoms with van der Waals surface area (Å²) in [5, 5.41) is 5.40. The Hall–Kier alpha value is -3.16. The monoisotopic (exact) mass is 363 g/mol. The first kappa shape index (κ1) is 19.2. The summed E-state index contributed by atoms with van der Waals surface area (Å²) in [4.78, 5) is 25.3. The highest BCUT2D eigenvalue weighted by Crippen LogP contribution is 2.25. The molecule has 0 fully saturated rings. The van der Waals surface area contributed by atoms with Gasteiger partial charge in [-0.05, 0) is 36.4 Å². The standard InChI is InChI=1S/C18H19F2N3O3/c1-23(2)17(25)12-7-9-13(10-8-12)22-16(24)11-21-14-5-3-4-6-15(14)26-18(19)20/h3-10,18,21H,11H2,1-2H3,(H,22,24). The third-order valence-electron chi connectivity index (χ3n) is 3.36. The van der Waals surface area contributed by atoms with Crippen LogP contribution in [0.25, 0.3) is 0 Å². The normalized spacial score (nSPS) is 10.3. The molecule has 0 atom stereocenters. The van der Waals surface area contributed by atoms with Gasteiger partial charge in [0.05, 0.1) is 12.2 Å². The summed E-state index contributed by atoms with van der Waals surface area (Å²) in [5.74, 6) is -0.550. The van der Waals surface area contributed by atoms with E-state index in [1.165, 1.54) is 17.0 Å². The molecule has 0 saturated carbocycles. The van der Waals surface area contributed by atoms with Crippen LogP contribution in [-0.4, -0.2) is 44.0 Å². The van der Waals surface area contributed by atoms with Crippen LogP contribution in [-0.2, 0) is 4.79 Å². The third-order valence-corrected chi connectivity index (χ3v) is 3.36. The molecule has 0 unspecified atom stereocenters. The predicted molar refractivity (Wildman–Crippen MR) is 94.7 cm³/mol. The average molecular weight is 363 g/mol. The fraction of sp³-hybridized carbons (Fsp3) is 0.222. The van der Waals surface area contributed by atoms with E-state index in [4.69, 9.17) is 0 Å². The minimum absolute atomic E-state index is 0.0400. The number of nitrogens with one attached hydrogen (secondary N) is 2. The number of benzene rings is 2. The van der Waals surface area contributed by atoms with E-state index in [1.54, 1.807) is 50.5 Å². The Morgan fingerprint density at radius 2 is 1.73 bits per heavy atom. The molecule has 0 aliphatic carbocycles. The zero-order chi connectivity index (χ0) is 19.1. The molecule has 0 saturated heterocycles. The fourth-order valence-electron chi connectivity index (χ4n) is 2.15. The topological polar surface area (TPSA) is 70.7 Å². The maximum Gasteiger partial charge on any atom is 0.387 e. The summed E-state index contributed by atoms with van der Waals surface area (Å²) in [6.45, 7) is -3.09. The van der Waals surface area contributed by atoms with Crippen LogP contribution >= 0.6 is 0 Å². The van der Waals surface area contributed by atoms with Crippen LogP contribution in [0.5, 0.6) is 5.75 Å². The first-order valence-corrected chi connectivity index (χ1v) is 7.76. The second-order valence-electron chi connectivity index (χ2n) is 5.55. The van der Waals surface area contributed by atoms with Crippen molar-refractivity contribution >= 4 is 23.2 Å². The van der Waals surface area contributed by atoms with Crippen molar-refractivity contribution in [3.8, 4) is 5.75 Å². The lowest BCUT2D eigenvalue weighted by Gasteiger charge is -2.13. The van der Waals surface area contributed by atoms with E-state index in [9.17, 15) is 18.4 Å². The molecule has 0 spiro atoms. The van der Waals surface area contributed by atoms with E-state index in [0.29, 0.717) is 11.3 Å². The van der Waals surface area contributed by atoms with Crippen LogP contribution in [0.4, 0.5) is 20.2 Å². The molecule has 138 valence electrons. The predicted octanol–water partition coefficient (Wildman–Crippen LogP) is 3.04. The van der Waals surface area contributed by atoms with Crippen molar-refractivity contribution in [3.05, 3.63) is 54.1 Å². The number of hydrogen-bond acceptors (Lipinski definition) is 4. The van der Waals surface area contributed by atoms with Crippen LogP contribution < -0.4 is 15.4 Å². The number of halogens is 2. The molecule has 0 bridgehead atoms. The van der Waals surface area contributed by atoms with Crippen LogP contribution in [0.2, 0.25) is 0 Å². The number of anilines is 2. The second-order valence-corrected chi connectivity index (χ2v) is 5.55. The average Bonchev–Trinajstić information content (AvgIpc) is 2.60. The molecule has 8 heteroatoms. The number of alkyl halides is 2. The van der Waals surface area contributed by atoms with Crippen molar-refractivity contribution in [2.75, 3.05) is 31.3 Å². The van der Waals surface area contributed by atoms with Gasteiger partial charge in [-0.2, -0.15) is 8.78 Å². The molecule has 2 N–H and O–H groups in total. The molecule has 6 nitrogen and oxygen atoms in total. The summed E-state index contributed by atoms with van der Waals surface area (Å²) in [6, 6.07) is 12.6. The smallest absolute Gasteiger partial charge is 0.387 e. The quantitative estimate of drug-likeness (QED) is 0.793. The van der Waals surface area contributed by atoms with Gasteiger partial charge >= 0.3 is 6.61 Å². The molecular weight excluding hydrogens is 344 g/mol. The minimum atomic E-state index is -2.95. The largest absolute Gasteiger partial charge is 0.433 e. The zero-order valence-electron chi connectivity index (χ0n) is 14.3. The zero-order valence-corrected chi connectivity index (χ0v) is 14.3. The maximum absolute atomic E-state index is 12.4. The number of hydrogen-bond donors (Lipinski definition) is 2. The molecule has 0 heterocycles. The lowest BCUT2D eigenvalue weighted by Crippen LogP contribution is -2.23. The molecule has 0 aliphatic heterocycles. The van der Waals surface area contributed by atoms with Gasteiger partial charge < -0.3 is 20.3 Å². The Morgan fingerprint density at radius 1 is 1.08 bits per heavy atom. The fourth-order valence-corrected chi connectivity index (χ4v) is 2.15. The highest BCUT2D eigenvalue weighted by molar-refractivity contribution is 5.96. The number of rotatable bonds is 7. The third kappa shape index (κ3) is 5.44. The highest BCUT2D eigenvalue weighted by Gasteiger charge is 2.11. The Labute approximate surface area is 149 Å². The summed E-state index contributed by atoms with van der Waals surface area (Å²) >= 11 is 0. The van der Waals surface area contributed by atoms with Gasteiger partial charge in [0.25, 0.3) is 5.91 Å². The Balaban J connectivity index is 1.92. The van der Waals surface area contributed by atoms with Crippen molar-refractivity contribution in [1.82, 2.24) is 4.90 Å². The van der Waals surface area contributed by atoms with Crippen molar-refractivity contribution in [2.45, 2.75) is 6.61 Å². The van der Waals surface area contributed by atoms with E-state index in [2.05, 4.69) is 15.4 Å². The molecule has 26 heavy (non-hydrogen) atoms. The maximum atomic E-state index is 12.4. The van der Waals surface area contributed by atoms with Crippen LogP contribution in [0.3, 0.4) is 0 Å². The SMILES string of the molecule is CN(C)C(=O)c1ccc(NC(=O)CNc2ccccc2OC(F)F)cc1. The summed E-state index contributed by atoms with van der Waals surface area (Å²) in [6.07, 6.45) is 0. The van der Waals surface area contributed by atoms with Gasteiger partial charge in [0.2, 0.25) is 5.91 Å². The molecular formula is C18H19F2N3O3. The van der Waals surface area contributed by atoms with E-state index >= 15 is 0 Å². The highest BCUT2D eigenvalue weighted by atomic mass is 19.3. The summed E-state index contributed by atoms with van der Waals surface area (Å²) in [7, 11) is 3.30. The summed E-state index contributed by atoms with van der Waals surface area (Å²) < 4.78 is 29.1. The number of nitrogens with zero attached hydrogens (tertiary/aromatic N) is 1. The Morgan fingerprint density at radius 3 is 2.35 bits per heavy atom. The van der Waals surface area contributed by atoms with Gasteiger partial charge in [0.15, 0.2) is 0 Å². The first-order valence-electron chi connectivity index (χ1n) is 7.76. The van der Waals surface area contributed by atoms with Crippen molar-refractivity contribution in [3.63, 3.8) is 0 Å². The number of ether oxygens (including phenoxy) is 1. The molecule has 2 rings (SSSR count). The van der Waals surface area contributed by atoms with E-state index in [0.717, 1.165) is 0 Å². The Bertz CT molecular complexity index is 765. The number of carbonyl (C=O) groups is 2. The van der Waals surface area contributed by atoms with Gasteiger partial charge in [0.1, 0.15) is 5.75 Å². The van der Waals surface area contributed by atoms with E-state index in [1.807, 2.05) is 0 Å². The molecule has 0 radical (unpaired) electrons. The number of para-hydroxylation sites is 2. The minimum Gasteiger partial charge on any atom is -0.433 e. The molecule has 2 amide bonds. The molecule has 2 aromatic rings. The van der Waals surface area contributed by atoms with Gasteiger partial charge in [0, 0.05) is 25.3 Å². The van der Waals surface area contributed by atoms with Crippen molar-refractivity contribution in [2.24, 2.45) is 0 Å². The van der Waals surface area contributed by atoms with E-state index in [-0.39, 0.29) is 29.8 Å². The number of amides is 2. The van der Waals surface area contributed by atoms with Gasteiger partial charge in [-0.15, -0.1) is 0 Å². The molecule has 0 aliphatic rings.